The Bertz CT molecular complexity index is 637. The van der Waals surface area contributed by atoms with Gasteiger partial charge >= 0.3 is 6.01 Å². The Morgan fingerprint density at radius 2 is 1.86 bits per heavy atom. The van der Waals surface area contributed by atoms with Crippen LogP contribution in [0.1, 0.15) is 13.8 Å². The van der Waals surface area contributed by atoms with Crippen LogP contribution in [0.5, 0.6) is 6.01 Å². The number of nitrogens with one attached hydrogen (secondary N) is 2. The number of hydrogen-bond acceptors (Lipinski definition) is 7. The van der Waals surface area contributed by atoms with Gasteiger partial charge in [0.15, 0.2) is 0 Å². The molecule has 9 heteroatoms. The first-order valence-electron chi connectivity index (χ1n) is 6.09. The Morgan fingerprint density at radius 3 is 2.52 bits per heavy atom. The van der Waals surface area contributed by atoms with E-state index in [1.165, 1.54) is 0 Å². The Kier molecular flexibility index (Phi) is 4.43. The molecule has 112 valence electrons. The number of benzene rings is 1. The molecule has 7 nitrogen and oxygen atoms in total. The third kappa shape index (κ3) is 3.96. The highest BCUT2D eigenvalue weighted by Crippen LogP contribution is 2.20. The Morgan fingerprint density at radius 1 is 1.14 bits per heavy atom. The van der Waals surface area contributed by atoms with Gasteiger partial charge < -0.3 is 10.1 Å². The smallest absolute Gasteiger partial charge is 0.323 e. The van der Waals surface area contributed by atoms with Gasteiger partial charge in [-0.2, -0.15) is 15.0 Å². The number of ether oxygens (including phenoxy) is 1. The highest BCUT2D eigenvalue weighted by molar-refractivity contribution is 5.55. The Hall–Kier alpha value is -2.55. The quantitative estimate of drug-likeness (QED) is 0.573. The van der Waals surface area contributed by atoms with Gasteiger partial charge in [-0.15, -0.1) is 0 Å². The first kappa shape index (κ1) is 14.9. The van der Waals surface area contributed by atoms with Crippen LogP contribution < -0.4 is 21.3 Å². The minimum atomic E-state index is -0.648. The van der Waals surface area contributed by atoms with Crippen LogP contribution in [-0.4, -0.2) is 21.1 Å². The zero-order valence-corrected chi connectivity index (χ0v) is 11.4. The lowest BCUT2D eigenvalue weighted by Crippen LogP contribution is -2.15. The lowest BCUT2D eigenvalue weighted by atomic mass is 10.3. The molecule has 0 saturated carbocycles. The van der Waals surface area contributed by atoms with E-state index >= 15 is 0 Å². The van der Waals surface area contributed by atoms with Crippen molar-refractivity contribution in [1.29, 1.82) is 0 Å². The molecule has 2 rings (SSSR count). The number of halogens is 2. The third-order valence-electron chi connectivity index (χ3n) is 2.26. The summed E-state index contributed by atoms with van der Waals surface area (Å²) in [5.41, 5.74) is 2.13. The van der Waals surface area contributed by atoms with Crippen molar-refractivity contribution in [2.24, 2.45) is 5.84 Å². The maximum atomic E-state index is 13.6. The molecule has 0 saturated heterocycles. The van der Waals surface area contributed by atoms with E-state index in [1.54, 1.807) is 13.8 Å². The van der Waals surface area contributed by atoms with Crippen LogP contribution in [0.15, 0.2) is 18.2 Å². The maximum absolute atomic E-state index is 13.6. The standard InChI is InChI=1S/C12H14F2N6O/c1-6(2)21-12-18-10(17-11(19-12)20-15)16-9-5-7(13)3-4-8(9)14/h3-6H,15H2,1-2H3,(H2,16,17,18,19,20). The summed E-state index contributed by atoms with van der Waals surface area (Å²) < 4.78 is 32.0. The summed E-state index contributed by atoms with van der Waals surface area (Å²) in [6.07, 6.45) is -0.170. The molecule has 2 aromatic rings. The molecule has 0 radical (unpaired) electrons. The van der Waals surface area contributed by atoms with Crippen LogP contribution >= 0.6 is 0 Å². The second kappa shape index (κ2) is 6.27. The average molecular weight is 296 g/mol. The minimum Gasteiger partial charge on any atom is -0.461 e. The molecule has 1 heterocycles. The third-order valence-corrected chi connectivity index (χ3v) is 2.26. The van der Waals surface area contributed by atoms with E-state index in [-0.39, 0.29) is 29.7 Å². The predicted molar refractivity (Wildman–Crippen MR) is 73.0 cm³/mol. The van der Waals surface area contributed by atoms with E-state index in [4.69, 9.17) is 10.6 Å². The Labute approximate surface area is 119 Å². The van der Waals surface area contributed by atoms with Crippen LogP contribution in [-0.2, 0) is 0 Å². The van der Waals surface area contributed by atoms with Gasteiger partial charge in [0, 0.05) is 6.07 Å². The van der Waals surface area contributed by atoms with E-state index < -0.39 is 11.6 Å². The van der Waals surface area contributed by atoms with Crippen LogP contribution in [0.2, 0.25) is 0 Å². The summed E-state index contributed by atoms with van der Waals surface area (Å²) in [6, 6.07) is 2.99. The van der Waals surface area contributed by atoms with Crippen molar-refractivity contribution >= 4 is 17.6 Å². The van der Waals surface area contributed by atoms with Crippen LogP contribution in [0, 0.1) is 11.6 Å². The summed E-state index contributed by atoms with van der Waals surface area (Å²) in [4.78, 5) is 11.7. The Balaban J connectivity index is 2.32. The zero-order chi connectivity index (χ0) is 15.4. The van der Waals surface area contributed by atoms with Gasteiger partial charge in [-0.05, 0) is 26.0 Å². The minimum absolute atomic E-state index is 0.00672. The normalized spacial score (nSPS) is 10.6. The van der Waals surface area contributed by atoms with E-state index in [0.29, 0.717) is 0 Å². The van der Waals surface area contributed by atoms with Gasteiger partial charge in [0.1, 0.15) is 11.6 Å². The zero-order valence-electron chi connectivity index (χ0n) is 11.4. The number of aromatic nitrogens is 3. The van der Waals surface area contributed by atoms with Gasteiger partial charge in [0.2, 0.25) is 11.9 Å². The number of rotatable bonds is 5. The SMILES string of the molecule is CC(C)Oc1nc(NN)nc(Nc2cc(F)ccc2F)n1. The maximum Gasteiger partial charge on any atom is 0.323 e. The van der Waals surface area contributed by atoms with E-state index in [0.717, 1.165) is 18.2 Å². The van der Waals surface area contributed by atoms with E-state index in [9.17, 15) is 8.78 Å². The molecule has 0 aliphatic carbocycles. The number of hydrazine groups is 1. The number of nitrogen functional groups attached to an aromatic ring is 1. The first-order valence-corrected chi connectivity index (χ1v) is 6.09. The topological polar surface area (TPSA) is 98.0 Å². The largest absolute Gasteiger partial charge is 0.461 e. The monoisotopic (exact) mass is 296 g/mol. The summed E-state index contributed by atoms with van der Waals surface area (Å²) in [5.74, 6) is 4.00. The summed E-state index contributed by atoms with van der Waals surface area (Å²) >= 11 is 0. The lowest BCUT2D eigenvalue weighted by Gasteiger charge is -2.11. The van der Waals surface area contributed by atoms with Crippen molar-refractivity contribution < 1.29 is 13.5 Å². The van der Waals surface area contributed by atoms with Crippen molar-refractivity contribution in [3.8, 4) is 6.01 Å². The van der Waals surface area contributed by atoms with Gasteiger partial charge in [-0.25, -0.2) is 14.6 Å². The van der Waals surface area contributed by atoms with Crippen LogP contribution in [0.3, 0.4) is 0 Å². The second-order valence-corrected chi connectivity index (χ2v) is 4.33. The van der Waals surface area contributed by atoms with E-state index in [1.807, 2.05) is 0 Å². The molecular formula is C12H14F2N6O. The van der Waals surface area contributed by atoms with Crippen LogP contribution in [0.25, 0.3) is 0 Å². The number of hydrogen-bond donors (Lipinski definition) is 3. The molecule has 1 aromatic heterocycles. The van der Waals surface area contributed by atoms with Crippen molar-refractivity contribution in [1.82, 2.24) is 15.0 Å². The second-order valence-electron chi connectivity index (χ2n) is 4.33. The molecule has 0 spiro atoms. The molecule has 0 amide bonds. The molecule has 0 unspecified atom stereocenters. The molecular weight excluding hydrogens is 282 g/mol. The average Bonchev–Trinajstić information content (AvgIpc) is 2.42. The van der Waals surface area contributed by atoms with Crippen LogP contribution in [0.4, 0.5) is 26.4 Å². The van der Waals surface area contributed by atoms with Crippen molar-refractivity contribution in [3.63, 3.8) is 0 Å². The number of anilines is 3. The molecule has 1 aromatic carbocycles. The van der Waals surface area contributed by atoms with E-state index in [2.05, 4.69) is 25.7 Å². The summed E-state index contributed by atoms with van der Waals surface area (Å²) in [7, 11) is 0. The predicted octanol–water partition coefficient (Wildman–Crippen LogP) is 1.97. The van der Waals surface area contributed by atoms with Crippen molar-refractivity contribution in [3.05, 3.63) is 29.8 Å². The summed E-state index contributed by atoms with van der Waals surface area (Å²) in [5, 5.41) is 2.55. The molecule has 0 aliphatic rings. The number of nitrogens with two attached hydrogens (primary N) is 1. The fourth-order valence-corrected chi connectivity index (χ4v) is 1.45. The molecule has 4 N–H and O–H groups in total. The molecule has 21 heavy (non-hydrogen) atoms. The van der Waals surface area contributed by atoms with Gasteiger partial charge in [-0.3, -0.25) is 5.43 Å². The number of nitrogens with zero attached hydrogens (tertiary/aromatic N) is 3. The van der Waals surface area contributed by atoms with Gasteiger partial charge in [0.05, 0.1) is 11.8 Å². The lowest BCUT2D eigenvalue weighted by molar-refractivity contribution is 0.222. The van der Waals surface area contributed by atoms with Gasteiger partial charge in [0.25, 0.3) is 0 Å². The molecule has 0 bridgehead atoms. The first-order chi connectivity index (χ1) is 9.97. The highest BCUT2D eigenvalue weighted by atomic mass is 19.1. The van der Waals surface area contributed by atoms with Crippen molar-refractivity contribution in [2.75, 3.05) is 10.7 Å². The molecule has 0 atom stereocenters. The molecule has 0 fully saturated rings. The van der Waals surface area contributed by atoms with Gasteiger partial charge in [-0.1, -0.05) is 0 Å². The van der Waals surface area contributed by atoms with Crippen molar-refractivity contribution in [2.45, 2.75) is 20.0 Å². The fraction of sp³-hybridized carbons (Fsp3) is 0.250. The highest BCUT2D eigenvalue weighted by Gasteiger charge is 2.11. The summed E-state index contributed by atoms with van der Waals surface area (Å²) in [6.45, 7) is 3.58. The fourth-order valence-electron chi connectivity index (χ4n) is 1.45. The molecule has 0 aliphatic heterocycles.